The van der Waals surface area contributed by atoms with E-state index in [0.717, 1.165) is 50.1 Å². The number of nitrogens with zero attached hydrogens (tertiary/aromatic N) is 3. The van der Waals surface area contributed by atoms with Crippen molar-refractivity contribution >= 4 is 16.8 Å². The topological polar surface area (TPSA) is 38.7 Å². The lowest BCUT2D eigenvalue weighted by Gasteiger charge is -2.35. The smallest absolute Gasteiger partial charge is 0.164 e. The van der Waals surface area contributed by atoms with Gasteiger partial charge in [0, 0.05) is 16.7 Å². The van der Waals surface area contributed by atoms with Crippen molar-refractivity contribution in [2.75, 3.05) is 0 Å². The predicted octanol–water partition coefficient (Wildman–Crippen LogP) is 17.2. The summed E-state index contributed by atoms with van der Waals surface area (Å²) in [6.07, 6.45) is 14.3. The highest BCUT2D eigenvalue weighted by Gasteiger charge is 2.46. The zero-order chi connectivity index (χ0) is 47.4. The Hall–Kier alpha value is -9.05. The van der Waals surface area contributed by atoms with Crippen molar-refractivity contribution < 1.29 is 0 Å². The van der Waals surface area contributed by atoms with Gasteiger partial charge < -0.3 is 0 Å². The van der Waals surface area contributed by atoms with Crippen LogP contribution in [0.2, 0.25) is 0 Å². The van der Waals surface area contributed by atoms with Gasteiger partial charge in [-0.3, -0.25) is 0 Å². The fourth-order valence-electron chi connectivity index (χ4n) is 10.3. The Morgan fingerprint density at radius 3 is 1.60 bits per heavy atom. The average molecular weight is 896 g/mol. The molecule has 3 heteroatoms. The van der Waals surface area contributed by atoms with Crippen LogP contribution < -0.4 is 0 Å². The van der Waals surface area contributed by atoms with Crippen LogP contribution >= 0.6 is 0 Å². The van der Waals surface area contributed by atoms with Crippen molar-refractivity contribution in [1.29, 1.82) is 0 Å². The largest absolute Gasteiger partial charge is 0.208 e. The van der Waals surface area contributed by atoms with Crippen LogP contribution in [-0.2, 0) is 5.41 Å². The van der Waals surface area contributed by atoms with E-state index in [1.165, 1.54) is 49.7 Å². The Morgan fingerprint density at radius 1 is 0.429 bits per heavy atom. The minimum atomic E-state index is -0.543. The van der Waals surface area contributed by atoms with E-state index in [-0.39, 0.29) is 0 Å². The molecule has 9 aromatic carbocycles. The second kappa shape index (κ2) is 18.9. The molecule has 0 aliphatic heterocycles. The molecular formula is C67H49N3. The van der Waals surface area contributed by atoms with Gasteiger partial charge in [-0.15, -0.1) is 0 Å². The van der Waals surface area contributed by atoms with Crippen LogP contribution in [0, 0.1) is 0 Å². The molecule has 1 aliphatic carbocycles. The molecule has 70 heavy (non-hydrogen) atoms. The van der Waals surface area contributed by atoms with E-state index in [1.54, 1.807) is 6.08 Å². The lowest BCUT2D eigenvalue weighted by atomic mass is 9.66. The summed E-state index contributed by atoms with van der Waals surface area (Å²) in [5.74, 6) is 1.82. The van der Waals surface area contributed by atoms with Crippen molar-refractivity contribution in [2.45, 2.75) is 12.3 Å². The molecule has 1 unspecified atom stereocenters. The molecule has 0 amide bonds. The third-order valence-electron chi connectivity index (χ3n) is 13.5. The summed E-state index contributed by atoms with van der Waals surface area (Å²) in [6, 6.07) is 75.7. The Balaban J connectivity index is 1.00. The number of rotatable bonds is 12. The molecule has 0 saturated heterocycles. The molecule has 0 spiro atoms. The van der Waals surface area contributed by atoms with Gasteiger partial charge in [-0.2, -0.15) is 0 Å². The zero-order valence-corrected chi connectivity index (χ0v) is 39.0. The van der Waals surface area contributed by atoms with Gasteiger partial charge in [-0.1, -0.05) is 262 Å². The maximum atomic E-state index is 5.18. The molecule has 1 heterocycles. The summed E-state index contributed by atoms with van der Waals surface area (Å²) in [5.41, 5.74) is 17.5. The quantitative estimate of drug-likeness (QED) is 0.115. The van der Waals surface area contributed by atoms with Gasteiger partial charge in [-0.05, 0) is 96.1 Å². The van der Waals surface area contributed by atoms with Crippen molar-refractivity contribution in [1.82, 2.24) is 15.0 Å². The fraction of sp³-hybridized carbons (Fsp3) is 0.0299. The van der Waals surface area contributed by atoms with E-state index in [4.69, 9.17) is 15.0 Å². The Kier molecular flexibility index (Phi) is 11.8. The third-order valence-corrected chi connectivity index (χ3v) is 13.5. The summed E-state index contributed by atoms with van der Waals surface area (Å²) in [4.78, 5) is 15.5. The third kappa shape index (κ3) is 7.84. The highest BCUT2D eigenvalue weighted by molar-refractivity contribution is 5.97. The van der Waals surface area contributed by atoms with E-state index >= 15 is 0 Å². The van der Waals surface area contributed by atoms with Gasteiger partial charge in [0.15, 0.2) is 17.5 Å². The lowest BCUT2D eigenvalue weighted by Crippen LogP contribution is -2.29. The van der Waals surface area contributed by atoms with Crippen LogP contribution in [0.1, 0.15) is 29.2 Å². The predicted molar refractivity (Wildman–Crippen MR) is 294 cm³/mol. The van der Waals surface area contributed by atoms with Gasteiger partial charge >= 0.3 is 0 Å². The maximum absolute atomic E-state index is 5.18. The molecule has 10 aromatic rings. The number of aromatic nitrogens is 3. The molecule has 1 aromatic heterocycles. The minimum absolute atomic E-state index is 0.543. The van der Waals surface area contributed by atoms with Crippen LogP contribution in [0.25, 0.3) is 95.5 Å². The van der Waals surface area contributed by atoms with Crippen LogP contribution in [0.15, 0.2) is 268 Å². The first-order valence-electron chi connectivity index (χ1n) is 23.8. The molecule has 0 saturated carbocycles. The number of benzene rings is 9. The molecule has 332 valence electrons. The summed E-state index contributed by atoms with van der Waals surface area (Å²) >= 11 is 0. The first-order valence-corrected chi connectivity index (χ1v) is 23.8. The highest BCUT2D eigenvalue weighted by atomic mass is 15.0. The normalized spacial score (nSPS) is 14.2. The van der Waals surface area contributed by atoms with Gasteiger partial charge in [0.25, 0.3) is 0 Å². The Bertz CT molecular complexity index is 3670. The number of hydrogen-bond acceptors (Lipinski definition) is 3. The first-order chi connectivity index (χ1) is 34.6. The van der Waals surface area contributed by atoms with Crippen molar-refractivity contribution in [3.8, 4) is 78.7 Å². The van der Waals surface area contributed by atoms with Crippen LogP contribution in [0.4, 0.5) is 0 Å². The van der Waals surface area contributed by atoms with Crippen molar-refractivity contribution in [3.63, 3.8) is 0 Å². The van der Waals surface area contributed by atoms with Crippen molar-refractivity contribution in [3.05, 3.63) is 290 Å². The van der Waals surface area contributed by atoms with Crippen LogP contribution in [0.3, 0.4) is 0 Å². The van der Waals surface area contributed by atoms with Crippen molar-refractivity contribution in [2.24, 2.45) is 0 Å². The van der Waals surface area contributed by atoms with Gasteiger partial charge in [0.2, 0.25) is 0 Å². The summed E-state index contributed by atoms with van der Waals surface area (Å²) in [6.45, 7) is 10.1. The molecule has 0 N–H and O–H groups in total. The van der Waals surface area contributed by atoms with E-state index < -0.39 is 5.41 Å². The molecule has 11 rings (SSSR count). The SMILES string of the molecule is C=C/C=C\c1ccccc1-c1ccc(-c2nc(-c3ccc(-c4ccc5c(c4)C(C(/C=C\C)=C/C=C)(c4ccccc4)c4ccccc4-5)cc3)nc(-c3ccc(-c4cccc5ccccc45)cc3)n2)cc1. The summed E-state index contributed by atoms with van der Waals surface area (Å²) in [5, 5.41) is 2.43. The molecule has 1 aliphatic rings. The fourth-order valence-corrected chi connectivity index (χ4v) is 10.3. The summed E-state index contributed by atoms with van der Waals surface area (Å²) < 4.78 is 0. The van der Waals surface area contributed by atoms with Gasteiger partial charge in [-0.25, -0.2) is 15.0 Å². The van der Waals surface area contributed by atoms with E-state index in [2.05, 4.69) is 257 Å². The lowest BCUT2D eigenvalue weighted by molar-refractivity contribution is 0.767. The molecule has 0 radical (unpaired) electrons. The van der Waals surface area contributed by atoms with Crippen LogP contribution in [0.5, 0.6) is 0 Å². The average Bonchev–Trinajstić information content (AvgIpc) is 3.73. The van der Waals surface area contributed by atoms with Crippen LogP contribution in [-0.4, -0.2) is 15.0 Å². The first kappa shape index (κ1) is 43.5. The van der Waals surface area contributed by atoms with E-state index in [0.29, 0.717) is 17.5 Å². The Morgan fingerprint density at radius 2 is 0.943 bits per heavy atom. The number of hydrogen-bond donors (Lipinski definition) is 0. The van der Waals surface area contributed by atoms with E-state index in [1.807, 2.05) is 12.2 Å². The number of fused-ring (bicyclic) bond motifs is 4. The monoisotopic (exact) mass is 895 g/mol. The van der Waals surface area contributed by atoms with E-state index in [9.17, 15) is 0 Å². The molecule has 3 nitrogen and oxygen atoms in total. The second-order valence-corrected chi connectivity index (χ2v) is 17.5. The van der Waals surface area contributed by atoms with Gasteiger partial charge in [0.1, 0.15) is 0 Å². The number of allylic oxidation sites excluding steroid dienone is 7. The molecule has 0 fully saturated rings. The maximum Gasteiger partial charge on any atom is 0.164 e. The highest BCUT2D eigenvalue weighted by Crippen LogP contribution is 2.57. The second-order valence-electron chi connectivity index (χ2n) is 17.5. The molecule has 1 atom stereocenters. The minimum Gasteiger partial charge on any atom is -0.208 e. The molecular weight excluding hydrogens is 847 g/mol. The Labute approximate surface area is 410 Å². The summed E-state index contributed by atoms with van der Waals surface area (Å²) in [7, 11) is 0. The van der Waals surface area contributed by atoms with Gasteiger partial charge in [0.05, 0.1) is 5.41 Å². The standard InChI is InChI=1S/C67H49N3/c1-4-7-20-47-21-11-13-26-57(47)49-33-39-52(40-34-49)65-68-64(69-66(70-65)53-41-35-50(36-42-53)59-29-17-23-48-22-12-14-27-58(48)59)51-37-31-46(32-38-51)54-43-44-61-60-28-15-16-30-62(60)67(63(61)45-54,55(18-5-2)19-6-3)56-24-9-8-10-25-56/h4-45H,1-2H2,3H3/b19-6-,20-7-,55-18+. The zero-order valence-electron chi connectivity index (χ0n) is 39.0. The molecule has 0 bridgehead atoms.